The van der Waals surface area contributed by atoms with Gasteiger partial charge in [-0.1, -0.05) is 30.6 Å². The summed E-state index contributed by atoms with van der Waals surface area (Å²) in [5, 5.41) is 30.8. The fraction of sp³-hybridized carbons (Fsp3) is 0.583. The topological polar surface area (TPSA) is 111 Å². The van der Waals surface area contributed by atoms with E-state index in [2.05, 4.69) is 20.3 Å². The Bertz CT molecular complexity index is 652. The zero-order valence-electron chi connectivity index (χ0n) is 11.1. The second kappa shape index (κ2) is 5.62. The van der Waals surface area contributed by atoms with Crippen LogP contribution in [-0.4, -0.2) is 36.3 Å². The molecule has 0 amide bonds. The maximum atomic E-state index is 9.23. The van der Waals surface area contributed by atoms with Gasteiger partial charge in [0.2, 0.25) is 5.28 Å². The van der Waals surface area contributed by atoms with Crippen molar-refractivity contribution in [1.82, 2.24) is 15.0 Å². The number of nitrogens with one attached hydrogen (secondary N) is 1. The molecule has 0 spiro atoms. The van der Waals surface area contributed by atoms with Gasteiger partial charge in [0.1, 0.15) is 5.52 Å². The number of thiazole rings is 1. The lowest BCUT2D eigenvalue weighted by molar-refractivity contribution is -0.323. The minimum atomic E-state index is -2.99. The van der Waals surface area contributed by atoms with Crippen LogP contribution in [0.2, 0.25) is 5.28 Å². The number of rotatable bonds is 3. The highest BCUT2D eigenvalue weighted by atomic mass is 35.5. The number of aliphatic hydroxyl groups is 3. The standard InChI is InChI=1S/C12H15ClN4O3S/c13-11-16-8(14-6-4-2-1-3-5-6)7-9(17-11)21-10(15-7)12(18,19)20/h6,18-20H,1-5H2,(H,14,16,17). The van der Waals surface area contributed by atoms with Gasteiger partial charge < -0.3 is 20.6 Å². The van der Waals surface area contributed by atoms with E-state index in [1.54, 1.807) is 0 Å². The predicted octanol–water partition coefficient (Wildman–Crippen LogP) is 1.57. The first-order valence-corrected chi connectivity index (χ1v) is 7.91. The van der Waals surface area contributed by atoms with E-state index in [0.717, 1.165) is 37.0 Å². The second-order valence-corrected chi connectivity index (χ2v) is 6.44. The molecule has 0 radical (unpaired) electrons. The molecule has 1 fully saturated rings. The normalized spacial score (nSPS) is 17.3. The summed E-state index contributed by atoms with van der Waals surface area (Å²) in [5.74, 6) is -2.52. The maximum Gasteiger partial charge on any atom is 0.332 e. The molecular weight excluding hydrogens is 316 g/mol. The van der Waals surface area contributed by atoms with Crippen molar-refractivity contribution in [3.8, 4) is 0 Å². The van der Waals surface area contributed by atoms with Gasteiger partial charge in [0, 0.05) is 6.04 Å². The van der Waals surface area contributed by atoms with Crippen LogP contribution in [0.5, 0.6) is 0 Å². The van der Waals surface area contributed by atoms with Gasteiger partial charge in [-0.05, 0) is 24.4 Å². The minimum Gasteiger partial charge on any atom is -0.365 e. The van der Waals surface area contributed by atoms with Crippen LogP contribution in [0.1, 0.15) is 37.1 Å². The molecule has 2 aromatic heterocycles. The molecule has 0 aliphatic heterocycles. The molecule has 1 aliphatic carbocycles. The van der Waals surface area contributed by atoms with Gasteiger partial charge >= 0.3 is 5.97 Å². The fourth-order valence-electron chi connectivity index (χ4n) is 2.48. The highest BCUT2D eigenvalue weighted by molar-refractivity contribution is 7.18. The van der Waals surface area contributed by atoms with Crippen LogP contribution in [0.25, 0.3) is 10.3 Å². The third kappa shape index (κ3) is 3.24. The number of hydrogen-bond acceptors (Lipinski definition) is 8. The first-order valence-electron chi connectivity index (χ1n) is 6.71. The van der Waals surface area contributed by atoms with E-state index in [1.807, 2.05) is 0 Å². The molecule has 0 atom stereocenters. The van der Waals surface area contributed by atoms with Crippen molar-refractivity contribution in [3.63, 3.8) is 0 Å². The highest BCUT2D eigenvalue weighted by Gasteiger charge is 2.28. The number of halogens is 1. The van der Waals surface area contributed by atoms with Crippen LogP contribution >= 0.6 is 22.9 Å². The summed E-state index contributed by atoms with van der Waals surface area (Å²) in [7, 11) is 0. The maximum absolute atomic E-state index is 9.23. The van der Waals surface area contributed by atoms with Gasteiger partial charge in [0.15, 0.2) is 15.7 Å². The molecule has 2 aromatic rings. The molecule has 1 aliphatic rings. The van der Waals surface area contributed by atoms with Crippen LogP contribution in [0, 0.1) is 0 Å². The zero-order chi connectivity index (χ0) is 15.0. The third-order valence-corrected chi connectivity index (χ3v) is 4.67. The summed E-state index contributed by atoms with van der Waals surface area (Å²) in [4.78, 5) is 12.5. The van der Waals surface area contributed by atoms with Gasteiger partial charge in [0.25, 0.3) is 0 Å². The smallest absolute Gasteiger partial charge is 0.332 e. The van der Waals surface area contributed by atoms with Gasteiger partial charge in [-0.25, -0.2) is 9.97 Å². The average Bonchev–Trinajstić information content (AvgIpc) is 2.84. The Kier molecular flexibility index (Phi) is 3.98. The van der Waals surface area contributed by atoms with E-state index >= 15 is 0 Å². The number of fused-ring (bicyclic) bond motifs is 1. The molecule has 0 saturated heterocycles. The molecule has 0 unspecified atom stereocenters. The monoisotopic (exact) mass is 330 g/mol. The summed E-state index contributed by atoms with van der Waals surface area (Å²) in [6.07, 6.45) is 5.65. The number of nitrogens with zero attached hydrogens (tertiary/aromatic N) is 3. The Hall–Kier alpha value is -1.06. The van der Waals surface area contributed by atoms with E-state index in [0.29, 0.717) is 22.2 Å². The minimum absolute atomic E-state index is 0.0513. The first-order chi connectivity index (χ1) is 9.93. The van der Waals surface area contributed by atoms with E-state index in [1.165, 1.54) is 6.42 Å². The Morgan fingerprint density at radius 2 is 1.81 bits per heavy atom. The summed E-state index contributed by atoms with van der Waals surface area (Å²) in [6, 6.07) is 0.292. The van der Waals surface area contributed by atoms with Crippen LogP contribution in [0.15, 0.2) is 0 Å². The average molecular weight is 331 g/mol. The van der Waals surface area contributed by atoms with Crippen molar-refractivity contribution in [1.29, 1.82) is 0 Å². The molecule has 2 heterocycles. The second-order valence-electron chi connectivity index (χ2n) is 5.13. The zero-order valence-corrected chi connectivity index (χ0v) is 12.7. The van der Waals surface area contributed by atoms with Crippen LogP contribution in [0.3, 0.4) is 0 Å². The molecule has 0 aromatic carbocycles. The molecule has 7 nitrogen and oxygen atoms in total. The molecule has 1 saturated carbocycles. The summed E-state index contributed by atoms with van der Waals surface area (Å²) >= 11 is 6.75. The highest BCUT2D eigenvalue weighted by Crippen LogP contribution is 2.32. The number of anilines is 1. The predicted molar refractivity (Wildman–Crippen MR) is 79.1 cm³/mol. The van der Waals surface area contributed by atoms with Crippen molar-refractivity contribution in [2.75, 3.05) is 5.32 Å². The Morgan fingerprint density at radius 1 is 1.10 bits per heavy atom. The van der Waals surface area contributed by atoms with Crippen molar-refractivity contribution < 1.29 is 15.3 Å². The molecule has 4 N–H and O–H groups in total. The molecule has 9 heteroatoms. The molecular formula is C12H15ClN4O3S. The van der Waals surface area contributed by atoms with Crippen LogP contribution < -0.4 is 5.32 Å². The van der Waals surface area contributed by atoms with Crippen molar-refractivity contribution >= 4 is 39.1 Å². The van der Waals surface area contributed by atoms with E-state index < -0.39 is 5.97 Å². The quantitative estimate of drug-likeness (QED) is 0.499. The SMILES string of the molecule is OC(O)(O)c1nc2c(NC3CCCCC3)nc(Cl)nc2s1. The van der Waals surface area contributed by atoms with Gasteiger partial charge in [-0.3, -0.25) is 0 Å². The van der Waals surface area contributed by atoms with Crippen LogP contribution in [0.4, 0.5) is 5.82 Å². The fourth-order valence-corrected chi connectivity index (χ4v) is 3.53. The van der Waals surface area contributed by atoms with E-state index in [-0.39, 0.29) is 10.3 Å². The van der Waals surface area contributed by atoms with Gasteiger partial charge in [0.05, 0.1) is 0 Å². The van der Waals surface area contributed by atoms with Crippen molar-refractivity contribution in [2.24, 2.45) is 0 Å². The number of aromatic nitrogens is 3. The van der Waals surface area contributed by atoms with Crippen molar-refractivity contribution in [3.05, 3.63) is 10.3 Å². The Labute approximate surface area is 129 Å². The molecule has 21 heavy (non-hydrogen) atoms. The lowest BCUT2D eigenvalue weighted by Gasteiger charge is -2.23. The Morgan fingerprint density at radius 3 is 2.48 bits per heavy atom. The summed E-state index contributed by atoms with van der Waals surface area (Å²) in [6.45, 7) is 0. The first kappa shape index (κ1) is 14.9. The number of hydrogen-bond donors (Lipinski definition) is 4. The Balaban J connectivity index is 1.98. The van der Waals surface area contributed by atoms with Crippen LogP contribution in [-0.2, 0) is 5.97 Å². The molecule has 3 rings (SSSR count). The molecule has 0 bridgehead atoms. The van der Waals surface area contributed by atoms with Crippen molar-refractivity contribution in [2.45, 2.75) is 44.1 Å². The van der Waals surface area contributed by atoms with E-state index in [9.17, 15) is 15.3 Å². The van der Waals surface area contributed by atoms with Gasteiger partial charge in [-0.2, -0.15) is 4.98 Å². The molecule has 114 valence electrons. The summed E-state index contributed by atoms with van der Waals surface area (Å²) in [5.41, 5.74) is 0.381. The lowest BCUT2D eigenvalue weighted by atomic mass is 9.95. The lowest BCUT2D eigenvalue weighted by Crippen LogP contribution is -2.24. The van der Waals surface area contributed by atoms with E-state index in [4.69, 9.17) is 11.6 Å². The third-order valence-electron chi connectivity index (χ3n) is 3.46. The van der Waals surface area contributed by atoms with Gasteiger partial charge in [-0.15, -0.1) is 0 Å². The largest absolute Gasteiger partial charge is 0.365 e. The summed E-state index contributed by atoms with van der Waals surface area (Å²) < 4.78 is 0.